The highest BCUT2D eigenvalue weighted by Crippen LogP contribution is 2.28. The average molecular weight is 223 g/mol. The number of hydrogen-bond donors (Lipinski definition) is 2. The lowest BCUT2D eigenvalue weighted by Crippen LogP contribution is -2.58. The zero-order valence-corrected chi connectivity index (χ0v) is 9.40. The van der Waals surface area contributed by atoms with E-state index >= 15 is 0 Å². The Morgan fingerprint density at radius 1 is 1.69 bits per heavy atom. The van der Waals surface area contributed by atoms with E-state index in [1.807, 2.05) is 18.5 Å². The van der Waals surface area contributed by atoms with Gasteiger partial charge < -0.3 is 20.4 Å². The number of nitrogens with two attached hydrogens (primary N) is 1. The van der Waals surface area contributed by atoms with Gasteiger partial charge in [-0.25, -0.2) is 0 Å². The number of nitrogens with one attached hydrogen (secondary N) is 1. The number of ether oxygens (including phenoxy) is 1. The SMILES string of the molecule is CN(Cc1cc[nH]c1)C(=O)C1(CN)COC1. The van der Waals surface area contributed by atoms with Crippen LogP contribution < -0.4 is 5.73 Å². The average Bonchev–Trinajstić information content (AvgIpc) is 2.69. The van der Waals surface area contributed by atoms with Crippen molar-refractivity contribution >= 4 is 5.91 Å². The van der Waals surface area contributed by atoms with Gasteiger partial charge in [-0.1, -0.05) is 0 Å². The molecule has 1 amide bonds. The van der Waals surface area contributed by atoms with Crippen LogP contribution in [0.15, 0.2) is 18.5 Å². The predicted molar refractivity (Wildman–Crippen MR) is 59.6 cm³/mol. The standard InChI is InChI=1S/C11H17N3O2/c1-14(5-9-2-3-13-4-9)10(15)11(6-12)7-16-8-11/h2-4,13H,5-8,12H2,1H3. The second-order valence-electron chi connectivity index (χ2n) is 4.36. The van der Waals surface area contributed by atoms with E-state index in [9.17, 15) is 4.79 Å². The van der Waals surface area contributed by atoms with E-state index in [4.69, 9.17) is 10.5 Å². The third-order valence-corrected chi connectivity index (χ3v) is 3.03. The maximum atomic E-state index is 12.2. The van der Waals surface area contributed by atoms with E-state index in [0.29, 0.717) is 26.3 Å². The van der Waals surface area contributed by atoms with Crippen molar-refractivity contribution in [2.45, 2.75) is 6.54 Å². The van der Waals surface area contributed by atoms with Gasteiger partial charge in [0.05, 0.1) is 13.2 Å². The highest BCUT2D eigenvalue weighted by molar-refractivity contribution is 5.83. The molecule has 3 N–H and O–H groups in total. The first-order valence-electron chi connectivity index (χ1n) is 5.33. The van der Waals surface area contributed by atoms with Crippen molar-refractivity contribution in [3.63, 3.8) is 0 Å². The highest BCUT2D eigenvalue weighted by Gasteiger charge is 2.46. The van der Waals surface area contributed by atoms with Gasteiger partial charge in [-0.05, 0) is 11.6 Å². The predicted octanol–water partition coefficient (Wildman–Crippen LogP) is -0.0516. The molecule has 0 saturated carbocycles. The molecule has 0 atom stereocenters. The zero-order chi connectivity index (χ0) is 11.6. The summed E-state index contributed by atoms with van der Waals surface area (Å²) in [6, 6.07) is 1.95. The molecular weight excluding hydrogens is 206 g/mol. The van der Waals surface area contributed by atoms with Crippen LogP contribution in [0.5, 0.6) is 0 Å². The van der Waals surface area contributed by atoms with Gasteiger partial charge in [-0.3, -0.25) is 4.79 Å². The molecule has 1 aromatic rings. The number of amides is 1. The number of carbonyl (C=O) groups excluding carboxylic acids is 1. The van der Waals surface area contributed by atoms with Gasteiger partial charge >= 0.3 is 0 Å². The third-order valence-electron chi connectivity index (χ3n) is 3.03. The Kier molecular flexibility index (Phi) is 2.98. The summed E-state index contributed by atoms with van der Waals surface area (Å²) in [5, 5.41) is 0. The Morgan fingerprint density at radius 3 is 2.88 bits per heavy atom. The molecule has 5 nitrogen and oxygen atoms in total. The summed E-state index contributed by atoms with van der Waals surface area (Å²) in [6.45, 7) is 1.84. The zero-order valence-electron chi connectivity index (χ0n) is 9.40. The van der Waals surface area contributed by atoms with Crippen molar-refractivity contribution < 1.29 is 9.53 Å². The number of H-pyrrole nitrogens is 1. The molecule has 1 aliphatic heterocycles. The maximum absolute atomic E-state index is 12.2. The van der Waals surface area contributed by atoms with Crippen LogP contribution in [0.25, 0.3) is 0 Å². The summed E-state index contributed by atoms with van der Waals surface area (Å²) in [6.07, 6.45) is 3.73. The van der Waals surface area contributed by atoms with Crippen LogP contribution in [0.4, 0.5) is 0 Å². The van der Waals surface area contributed by atoms with E-state index in [2.05, 4.69) is 4.98 Å². The number of aromatic nitrogens is 1. The first-order valence-corrected chi connectivity index (χ1v) is 5.33. The van der Waals surface area contributed by atoms with Crippen molar-refractivity contribution in [3.05, 3.63) is 24.0 Å². The molecule has 1 aliphatic rings. The number of aromatic amines is 1. The molecule has 2 rings (SSSR count). The summed E-state index contributed by atoms with van der Waals surface area (Å²) >= 11 is 0. The number of rotatable bonds is 4. The van der Waals surface area contributed by atoms with Gasteiger partial charge in [-0.15, -0.1) is 0 Å². The summed E-state index contributed by atoms with van der Waals surface area (Å²) < 4.78 is 5.10. The normalized spacial score (nSPS) is 17.9. The first kappa shape index (κ1) is 11.2. The first-order chi connectivity index (χ1) is 7.68. The largest absolute Gasteiger partial charge is 0.379 e. The van der Waals surface area contributed by atoms with Crippen molar-refractivity contribution in [1.82, 2.24) is 9.88 Å². The van der Waals surface area contributed by atoms with Gasteiger partial charge in [0.25, 0.3) is 0 Å². The van der Waals surface area contributed by atoms with E-state index in [1.54, 1.807) is 11.9 Å². The molecule has 0 aliphatic carbocycles. The van der Waals surface area contributed by atoms with E-state index in [-0.39, 0.29) is 5.91 Å². The van der Waals surface area contributed by atoms with Gasteiger partial charge in [0.1, 0.15) is 5.41 Å². The fourth-order valence-electron chi connectivity index (χ4n) is 1.88. The fraction of sp³-hybridized carbons (Fsp3) is 0.545. The summed E-state index contributed by atoms with van der Waals surface area (Å²) in [5.74, 6) is 0.0717. The third kappa shape index (κ3) is 1.83. The minimum absolute atomic E-state index is 0.0717. The maximum Gasteiger partial charge on any atom is 0.234 e. The number of hydrogen-bond acceptors (Lipinski definition) is 3. The van der Waals surface area contributed by atoms with E-state index < -0.39 is 5.41 Å². The summed E-state index contributed by atoms with van der Waals surface area (Å²) in [4.78, 5) is 16.8. The Hall–Kier alpha value is -1.33. The van der Waals surface area contributed by atoms with Crippen LogP contribution in [0.1, 0.15) is 5.56 Å². The molecule has 0 spiro atoms. The lowest BCUT2D eigenvalue weighted by Gasteiger charge is -2.41. The molecule has 1 fully saturated rings. The van der Waals surface area contributed by atoms with Crippen LogP contribution in [0.2, 0.25) is 0 Å². The number of nitrogens with zero attached hydrogens (tertiary/aromatic N) is 1. The molecule has 0 radical (unpaired) electrons. The lowest BCUT2D eigenvalue weighted by atomic mass is 9.84. The molecule has 16 heavy (non-hydrogen) atoms. The van der Waals surface area contributed by atoms with E-state index in [1.165, 1.54) is 0 Å². The smallest absolute Gasteiger partial charge is 0.234 e. The molecule has 0 unspecified atom stereocenters. The lowest BCUT2D eigenvalue weighted by molar-refractivity contribution is -0.169. The monoisotopic (exact) mass is 223 g/mol. The van der Waals surface area contributed by atoms with Gasteiger partial charge in [0.15, 0.2) is 0 Å². The van der Waals surface area contributed by atoms with Crippen LogP contribution in [0.3, 0.4) is 0 Å². The Labute approximate surface area is 94.6 Å². The van der Waals surface area contributed by atoms with Crippen LogP contribution in [-0.4, -0.2) is 42.6 Å². The van der Waals surface area contributed by atoms with Crippen LogP contribution >= 0.6 is 0 Å². The topological polar surface area (TPSA) is 71.4 Å². The minimum Gasteiger partial charge on any atom is -0.379 e. The van der Waals surface area contributed by atoms with Gasteiger partial charge in [0, 0.05) is 32.5 Å². The quantitative estimate of drug-likeness (QED) is 0.751. The van der Waals surface area contributed by atoms with E-state index in [0.717, 1.165) is 5.56 Å². The summed E-state index contributed by atoms with van der Waals surface area (Å²) in [7, 11) is 1.80. The Bertz CT molecular complexity index is 352. The fourth-order valence-corrected chi connectivity index (χ4v) is 1.88. The molecular formula is C11H17N3O2. The van der Waals surface area contributed by atoms with Crippen molar-refractivity contribution in [2.24, 2.45) is 11.1 Å². The van der Waals surface area contributed by atoms with Crippen molar-refractivity contribution in [2.75, 3.05) is 26.8 Å². The molecule has 0 bridgehead atoms. The Balaban J connectivity index is 1.99. The molecule has 5 heteroatoms. The second kappa shape index (κ2) is 4.27. The molecule has 88 valence electrons. The highest BCUT2D eigenvalue weighted by atomic mass is 16.5. The molecule has 2 heterocycles. The minimum atomic E-state index is -0.481. The van der Waals surface area contributed by atoms with Crippen LogP contribution in [0, 0.1) is 5.41 Å². The van der Waals surface area contributed by atoms with Crippen LogP contribution in [-0.2, 0) is 16.1 Å². The van der Waals surface area contributed by atoms with Gasteiger partial charge in [0.2, 0.25) is 5.91 Å². The van der Waals surface area contributed by atoms with Gasteiger partial charge in [-0.2, -0.15) is 0 Å². The molecule has 1 saturated heterocycles. The molecule has 1 aromatic heterocycles. The van der Waals surface area contributed by atoms with Crippen molar-refractivity contribution in [1.29, 1.82) is 0 Å². The summed E-state index contributed by atoms with van der Waals surface area (Å²) in [5.41, 5.74) is 6.25. The second-order valence-corrected chi connectivity index (χ2v) is 4.36. The Morgan fingerprint density at radius 2 is 2.44 bits per heavy atom. The van der Waals surface area contributed by atoms with Crippen molar-refractivity contribution in [3.8, 4) is 0 Å². The molecule has 0 aromatic carbocycles. The number of carbonyl (C=O) groups is 1.